The Balaban J connectivity index is 0.000000369. The molecule has 2 saturated heterocycles. The lowest BCUT2D eigenvalue weighted by molar-refractivity contribution is -0.140. The Morgan fingerprint density at radius 1 is 1.13 bits per heavy atom. The van der Waals surface area contributed by atoms with Gasteiger partial charge in [0, 0.05) is 56.8 Å². The molecule has 0 saturated carbocycles. The first-order valence-corrected chi connectivity index (χ1v) is 18.0. The third-order valence-corrected chi connectivity index (χ3v) is 10.5. The second kappa shape index (κ2) is 15.8. The lowest BCUT2D eigenvalue weighted by Gasteiger charge is -2.31. The van der Waals surface area contributed by atoms with Crippen molar-refractivity contribution in [3.8, 4) is 6.01 Å². The Morgan fingerprint density at radius 3 is 2.52 bits per heavy atom. The molecule has 1 amide bonds. The van der Waals surface area contributed by atoms with Gasteiger partial charge in [-0.25, -0.2) is 8.78 Å². The SMILES string of the molecule is CC.CC12CCCN1CC(F)C2.COc1nc2c(c(N3CCCn4nc(C(=O)N(C)C)c(Cl)c4C3)n1)COC(c1c(C(F)(F)F)ccc(C)c1F)C2. The Kier molecular flexibility index (Phi) is 12.1. The van der Waals surface area contributed by atoms with Gasteiger partial charge in [0.05, 0.1) is 48.3 Å². The Morgan fingerprint density at radius 2 is 1.87 bits per heavy atom. The summed E-state index contributed by atoms with van der Waals surface area (Å²) in [5.74, 6) is -0.811. The van der Waals surface area contributed by atoms with E-state index in [4.69, 9.17) is 21.1 Å². The van der Waals surface area contributed by atoms with Gasteiger partial charge in [0.15, 0.2) is 5.69 Å². The van der Waals surface area contributed by atoms with E-state index in [1.165, 1.54) is 31.8 Å². The Hall–Kier alpha value is -3.56. The molecule has 3 unspecified atom stereocenters. The monoisotopic (exact) mass is 755 g/mol. The van der Waals surface area contributed by atoms with Crippen LogP contribution in [0.15, 0.2) is 12.1 Å². The summed E-state index contributed by atoms with van der Waals surface area (Å²) in [7, 11) is 4.61. The van der Waals surface area contributed by atoms with Crippen molar-refractivity contribution in [1.82, 2.24) is 29.5 Å². The van der Waals surface area contributed by atoms with Gasteiger partial charge in [-0.05, 0) is 57.7 Å². The predicted molar refractivity (Wildman–Crippen MR) is 187 cm³/mol. The average molecular weight is 756 g/mol. The Bertz CT molecular complexity index is 1770. The highest BCUT2D eigenvalue weighted by atomic mass is 35.5. The third kappa shape index (κ3) is 7.86. The van der Waals surface area contributed by atoms with E-state index in [2.05, 4.69) is 26.9 Å². The summed E-state index contributed by atoms with van der Waals surface area (Å²) in [6, 6.07) is 1.99. The van der Waals surface area contributed by atoms with Crippen LogP contribution in [0.4, 0.5) is 27.8 Å². The van der Waals surface area contributed by atoms with Crippen LogP contribution in [-0.2, 0) is 37.0 Å². The van der Waals surface area contributed by atoms with Crippen LogP contribution < -0.4 is 9.64 Å². The van der Waals surface area contributed by atoms with Crippen LogP contribution in [-0.4, -0.2) is 88.0 Å². The number of ether oxygens (including phenoxy) is 2. The van der Waals surface area contributed by atoms with Crippen LogP contribution in [0, 0.1) is 12.7 Å². The summed E-state index contributed by atoms with van der Waals surface area (Å²) >= 11 is 6.61. The highest BCUT2D eigenvalue weighted by Crippen LogP contribution is 2.43. The zero-order chi connectivity index (χ0) is 38.1. The van der Waals surface area contributed by atoms with E-state index >= 15 is 4.39 Å². The summed E-state index contributed by atoms with van der Waals surface area (Å²) in [4.78, 5) is 27.1. The van der Waals surface area contributed by atoms with E-state index in [1.807, 2.05) is 18.7 Å². The number of carbonyl (C=O) groups excluding carboxylic acids is 1. The fourth-order valence-electron chi connectivity index (χ4n) is 7.45. The molecule has 0 aliphatic carbocycles. The number of fused-ring (bicyclic) bond motifs is 3. The molecule has 6 heterocycles. The van der Waals surface area contributed by atoms with Gasteiger partial charge >= 0.3 is 12.2 Å². The molecular weight excluding hydrogens is 709 g/mol. The normalized spacial score (nSPS) is 22.6. The van der Waals surface area contributed by atoms with Crippen molar-refractivity contribution in [3.05, 3.63) is 62.3 Å². The Labute approximate surface area is 306 Å². The highest BCUT2D eigenvalue weighted by molar-refractivity contribution is 6.34. The van der Waals surface area contributed by atoms with E-state index in [1.54, 1.807) is 18.8 Å². The number of carbonyl (C=O) groups is 1. The molecule has 10 nitrogen and oxygen atoms in total. The van der Waals surface area contributed by atoms with E-state index in [9.17, 15) is 22.4 Å². The molecule has 0 spiro atoms. The molecular formula is C36H47ClF5N7O3. The number of nitrogens with zero attached hydrogens (tertiary/aromatic N) is 7. The molecule has 1 aromatic carbocycles. The number of anilines is 1. The first kappa shape index (κ1) is 39.6. The number of aromatic nitrogens is 4. The van der Waals surface area contributed by atoms with Crippen molar-refractivity contribution in [2.75, 3.05) is 45.7 Å². The molecule has 3 atom stereocenters. The fraction of sp³-hybridized carbons (Fsp3) is 0.611. The molecule has 52 heavy (non-hydrogen) atoms. The van der Waals surface area contributed by atoms with Gasteiger partial charge in [-0.3, -0.25) is 14.4 Å². The van der Waals surface area contributed by atoms with Crippen LogP contribution in [0.1, 0.15) is 96.7 Å². The van der Waals surface area contributed by atoms with Crippen molar-refractivity contribution in [2.45, 2.75) is 103 Å². The van der Waals surface area contributed by atoms with Gasteiger partial charge in [-0.15, -0.1) is 0 Å². The molecule has 2 fully saturated rings. The second-order valence-electron chi connectivity index (χ2n) is 13.8. The van der Waals surface area contributed by atoms with Crippen molar-refractivity contribution < 1.29 is 36.2 Å². The minimum Gasteiger partial charge on any atom is -0.467 e. The number of methoxy groups -OCH3 is 1. The number of hydrogen-bond acceptors (Lipinski definition) is 8. The van der Waals surface area contributed by atoms with Crippen molar-refractivity contribution in [1.29, 1.82) is 0 Å². The lowest BCUT2D eigenvalue weighted by atomic mass is 9.93. The van der Waals surface area contributed by atoms with Crippen LogP contribution in [0.3, 0.4) is 0 Å². The summed E-state index contributed by atoms with van der Waals surface area (Å²) in [6.45, 7) is 10.6. The summed E-state index contributed by atoms with van der Waals surface area (Å²) in [5.41, 5.74) is 0.443. The smallest absolute Gasteiger partial charge is 0.416 e. The molecule has 286 valence electrons. The van der Waals surface area contributed by atoms with E-state index in [0.29, 0.717) is 48.8 Å². The van der Waals surface area contributed by atoms with Gasteiger partial charge in [-0.1, -0.05) is 31.5 Å². The maximum atomic E-state index is 15.1. The lowest BCUT2D eigenvalue weighted by Crippen LogP contribution is -2.34. The minimum absolute atomic E-state index is 0.0162. The molecule has 0 N–H and O–H groups in total. The topological polar surface area (TPSA) is 88.9 Å². The molecule has 0 bridgehead atoms. The summed E-state index contributed by atoms with van der Waals surface area (Å²) < 4.78 is 82.3. The zero-order valence-corrected chi connectivity index (χ0v) is 31.5. The molecule has 4 aliphatic heterocycles. The van der Waals surface area contributed by atoms with Crippen molar-refractivity contribution >= 4 is 23.3 Å². The summed E-state index contributed by atoms with van der Waals surface area (Å²) in [6.07, 6.45) is -2.75. The van der Waals surface area contributed by atoms with Gasteiger partial charge in [0.25, 0.3) is 5.91 Å². The van der Waals surface area contributed by atoms with Crippen molar-refractivity contribution in [3.63, 3.8) is 0 Å². The minimum atomic E-state index is -4.76. The maximum Gasteiger partial charge on any atom is 0.416 e. The van der Waals surface area contributed by atoms with Crippen LogP contribution in [0.2, 0.25) is 5.02 Å². The number of aryl methyl sites for hydroxylation is 2. The van der Waals surface area contributed by atoms with Gasteiger partial charge in [-0.2, -0.15) is 28.2 Å². The molecule has 4 aliphatic rings. The van der Waals surface area contributed by atoms with E-state index in [-0.39, 0.29) is 53.3 Å². The van der Waals surface area contributed by atoms with Crippen LogP contribution in [0.5, 0.6) is 6.01 Å². The second-order valence-corrected chi connectivity index (χ2v) is 14.2. The van der Waals surface area contributed by atoms with Gasteiger partial charge in [0.1, 0.15) is 17.8 Å². The largest absolute Gasteiger partial charge is 0.467 e. The molecule has 0 radical (unpaired) electrons. The average Bonchev–Trinajstić information content (AvgIpc) is 3.64. The quantitative estimate of drug-likeness (QED) is 0.256. The zero-order valence-electron chi connectivity index (χ0n) is 30.7. The standard InChI is InChI=1S/C26H27ClF4N6O3.C8H14FN.C2H6/c1-13-6-7-15(26(29,30)31)19(21(13)28)18-10-16-14(12-40-18)23(33-25(32-16)39-4)36-8-5-9-37-17(11-36)20(27)22(34-37)24(38)35(2)3;1-8-3-2-4-10(8)6-7(9)5-8;1-2/h6-7,18H,5,8-12H2,1-4H3;7H,2-6H2,1H3;1-2H3. The number of halogens is 6. The van der Waals surface area contributed by atoms with Crippen molar-refractivity contribution in [2.24, 2.45) is 0 Å². The van der Waals surface area contributed by atoms with Crippen LogP contribution in [0.25, 0.3) is 0 Å². The predicted octanol–water partition coefficient (Wildman–Crippen LogP) is 7.34. The number of alkyl halides is 4. The molecule has 16 heteroatoms. The van der Waals surface area contributed by atoms with Gasteiger partial charge < -0.3 is 19.3 Å². The number of benzene rings is 1. The maximum absolute atomic E-state index is 15.1. The first-order valence-electron chi connectivity index (χ1n) is 17.6. The molecule has 2 aromatic heterocycles. The summed E-state index contributed by atoms with van der Waals surface area (Å²) in [5, 5.41) is 4.67. The number of rotatable bonds is 4. The third-order valence-electron chi connectivity index (χ3n) is 10.1. The number of amides is 1. The highest BCUT2D eigenvalue weighted by Gasteiger charge is 2.45. The van der Waals surface area contributed by atoms with E-state index < -0.39 is 35.4 Å². The molecule has 7 rings (SSSR count). The van der Waals surface area contributed by atoms with Gasteiger partial charge in [0.2, 0.25) is 0 Å². The first-order chi connectivity index (χ1) is 24.6. The fourth-order valence-corrected chi connectivity index (χ4v) is 7.72. The van der Waals surface area contributed by atoms with E-state index in [0.717, 1.165) is 25.1 Å². The molecule has 3 aromatic rings. The van der Waals surface area contributed by atoms with Crippen LogP contribution >= 0.6 is 11.6 Å². The number of hydrogen-bond donors (Lipinski definition) is 0.